The third-order valence-electron chi connectivity index (χ3n) is 10.9. The lowest BCUT2D eigenvalue weighted by molar-refractivity contribution is -0.384. The quantitative estimate of drug-likeness (QED) is 0.0386. The Morgan fingerprint density at radius 3 is 2.16 bits per heavy atom. The van der Waals surface area contributed by atoms with Gasteiger partial charge in [0.2, 0.25) is 5.91 Å². The predicted octanol–water partition coefficient (Wildman–Crippen LogP) is 7.64. The van der Waals surface area contributed by atoms with Crippen molar-refractivity contribution in [3.8, 4) is 5.75 Å². The molecule has 2 saturated heterocycles. The van der Waals surface area contributed by atoms with Crippen LogP contribution in [0.5, 0.6) is 5.75 Å². The van der Waals surface area contributed by atoms with E-state index in [1.165, 1.54) is 42.5 Å². The van der Waals surface area contributed by atoms with Crippen molar-refractivity contribution in [2.75, 3.05) is 11.5 Å². The van der Waals surface area contributed by atoms with Crippen molar-refractivity contribution >= 4 is 57.9 Å². The smallest absolute Gasteiger partial charge is 0.421 e. The Morgan fingerprint density at radius 2 is 1.52 bits per heavy atom. The van der Waals surface area contributed by atoms with Gasteiger partial charge in [-0.1, -0.05) is 85.5 Å². The van der Waals surface area contributed by atoms with Crippen LogP contribution in [0.4, 0.5) is 16.2 Å². The number of benzene rings is 5. The molecule has 5 aromatic rings. The lowest BCUT2D eigenvalue weighted by atomic mass is 9.65. The number of cyclic esters (lactones) is 1. The van der Waals surface area contributed by atoms with Gasteiger partial charge in [-0.05, 0) is 92.9 Å². The highest BCUT2D eigenvalue weighted by Gasteiger charge is 2.76. The lowest BCUT2D eigenvalue weighted by Crippen LogP contribution is -2.53. The fourth-order valence-electron chi connectivity index (χ4n) is 8.64. The molecule has 3 aliphatic rings. The third kappa shape index (κ3) is 6.37. The van der Waals surface area contributed by atoms with E-state index in [1.807, 2.05) is 65.6 Å². The fraction of sp³-hybridized carbons (Fsp3) is 0.182. The standard InChI is InChI=1S/C44H34IN3O10/c1-2-23-56-40(50)35-37-41(51)58-38(28-11-7-4-8-12-28)36(27-9-5-3-6-10-27)47(37)39(29-15-20-32(49)21-16-29)44(35)33-24-30(45)17-22-34(33)46(42(44)52)43(53)57-25-26-13-18-31(19-14-26)48(54)55/h2-22,24,35-39,49H,1,23,25H2/t35-,36-,37-,38+,39+,44-/m0/s1. The van der Waals surface area contributed by atoms with E-state index in [0.717, 1.165) is 10.5 Å². The summed E-state index contributed by atoms with van der Waals surface area (Å²) in [6.45, 7) is 3.12. The molecule has 2 amide bonds. The number of nitro benzene ring substituents is 1. The summed E-state index contributed by atoms with van der Waals surface area (Å²) in [5.41, 5.74) is 0.515. The van der Waals surface area contributed by atoms with Gasteiger partial charge in [0.15, 0.2) is 0 Å². The summed E-state index contributed by atoms with van der Waals surface area (Å²) in [6.07, 6.45) is -0.609. The van der Waals surface area contributed by atoms with E-state index in [2.05, 4.69) is 29.2 Å². The lowest BCUT2D eigenvalue weighted by Gasteiger charge is -2.46. The molecule has 5 aromatic carbocycles. The Hall–Kier alpha value is -6.39. The number of halogens is 1. The molecule has 0 saturated carbocycles. The predicted molar refractivity (Wildman–Crippen MR) is 217 cm³/mol. The molecule has 3 heterocycles. The van der Waals surface area contributed by atoms with E-state index in [1.54, 1.807) is 30.3 Å². The number of carbonyl (C=O) groups excluding carboxylic acids is 4. The number of imide groups is 1. The number of nitro groups is 1. The van der Waals surface area contributed by atoms with Gasteiger partial charge in [0.1, 0.15) is 42.4 Å². The number of hydrogen-bond acceptors (Lipinski definition) is 11. The van der Waals surface area contributed by atoms with E-state index in [4.69, 9.17) is 14.2 Å². The normalized spacial score (nSPS) is 23.5. The summed E-state index contributed by atoms with van der Waals surface area (Å²) in [5.74, 6) is -4.15. The van der Waals surface area contributed by atoms with Gasteiger partial charge in [-0.25, -0.2) is 9.69 Å². The molecule has 0 aromatic heterocycles. The second-order valence-electron chi connectivity index (χ2n) is 14.1. The summed E-state index contributed by atoms with van der Waals surface area (Å²) >= 11 is 2.09. The molecule has 0 bridgehead atoms. The Bertz CT molecular complexity index is 2430. The molecule has 3 aliphatic heterocycles. The van der Waals surface area contributed by atoms with Gasteiger partial charge < -0.3 is 19.3 Å². The Morgan fingerprint density at radius 1 is 0.862 bits per heavy atom. The van der Waals surface area contributed by atoms with E-state index < -0.39 is 64.4 Å². The molecule has 292 valence electrons. The number of anilines is 1. The van der Waals surface area contributed by atoms with Crippen LogP contribution in [0.1, 0.15) is 46.0 Å². The zero-order valence-corrected chi connectivity index (χ0v) is 32.7. The van der Waals surface area contributed by atoms with Gasteiger partial charge in [-0.15, -0.1) is 0 Å². The molecule has 1 spiro atoms. The number of phenolic OH excluding ortho intramolecular Hbond substituents is 1. The average molecular weight is 892 g/mol. The molecule has 0 radical (unpaired) electrons. The van der Waals surface area contributed by atoms with Crippen LogP contribution in [0.2, 0.25) is 0 Å². The molecule has 6 atom stereocenters. The SMILES string of the molecule is C=CCOC(=O)[C@@H]1[C@H]2C(=O)O[C@H](c3ccccc3)[C@H](c3ccccc3)N2[C@H](c2ccc(O)cc2)[C@@]12C(=O)N(C(=O)OCc1ccc([N+](=O)[O-])cc1)c1ccc(I)cc12. The maximum Gasteiger partial charge on any atom is 0.421 e. The largest absolute Gasteiger partial charge is 0.508 e. The van der Waals surface area contributed by atoms with Crippen LogP contribution in [0, 0.1) is 19.6 Å². The van der Waals surface area contributed by atoms with Crippen molar-refractivity contribution in [2.45, 2.75) is 36.3 Å². The second-order valence-corrected chi connectivity index (χ2v) is 15.3. The number of morpholine rings is 1. The van der Waals surface area contributed by atoms with Gasteiger partial charge in [-0.2, -0.15) is 0 Å². The zero-order chi connectivity index (χ0) is 40.7. The fourth-order valence-corrected chi connectivity index (χ4v) is 9.13. The van der Waals surface area contributed by atoms with Crippen LogP contribution in [0.15, 0.2) is 140 Å². The Labute approximate surface area is 345 Å². The van der Waals surface area contributed by atoms with Crippen LogP contribution in [0.3, 0.4) is 0 Å². The van der Waals surface area contributed by atoms with Gasteiger partial charge in [-0.3, -0.25) is 29.4 Å². The molecule has 14 heteroatoms. The average Bonchev–Trinajstić information content (AvgIpc) is 3.69. The number of nitrogens with zero attached hydrogens (tertiary/aromatic N) is 3. The zero-order valence-electron chi connectivity index (χ0n) is 30.6. The van der Waals surface area contributed by atoms with Crippen molar-refractivity contribution < 1.29 is 43.4 Å². The minimum Gasteiger partial charge on any atom is -0.508 e. The monoisotopic (exact) mass is 891 g/mol. The first-order chi connectivity index (χ1) is 28.1. The van der Waals surface area contributed by atoms with Gasteiger partial charge >= 0.3 is 18.0 Å². The van der Waals surface area contributed by atoms with Gasteiger partial charge in [0.05, 0.1) is 22.7 Å². The molecule has 0 aliphatic carbocycles. The maximum atomic E-state index is 15.8. The van der Waals surface area contributed by atoms with Crippen LogP contribution < -0.4 is 4.90 Å². The van der Waals surface area contributed by atoms with Crippen molar-refractivity contribution in [1.82, 2.24) is 4.90 Å². The molecule has 0 unspecified atom stereocenters. The molecule has 1 N–H and O–H groups in total. The van der Waals surface area contributed by atoms with Crippen molar-refractivity contribution in [3.63, 3.8) is 0 Å². The maximum absolute atomic E-state index is 15.8. The van der Waals surface area contributed by atoms with Crippen LogP contribution in [-0.4, -0.2) is 51.5 Å². The van der Waals surface area contributed by atoms with Crippen LogP contribution in [0.25, 0.3) is 0 Å². The molecule has 13 nitrogen and oxygen atoms in total. The van der Waals surface area contributed by atoms with Gasteiger partial charge in [0, 0.05) is 15.7 Å². The van der Waals surface area contributed by atoms with E-state index >= 15 is 4.79 Å². The highest BCUT2D eigenvalue weighted by atomic mass is 127. The number of carbonyl (C=O) groups is 4. The van der Waals surface area contributed by atoms with Crippen LogP contribution in [-0.2, 0) is 40.6 Å². The van der Waals surface area contributed by atoms with Crippen molar-refractivity contribution in [2.24, 2.45) is 5.92 Å². The summed E-state index contributed by atoms with van der Waals surface area (Å²) in [7, 11) is 0. The van der Waals surface area contributed by atoms with E-state index in [9.17, 15) is 29.6 Å². The van der Waals surface area contributed by atoms with Gasteiger partial charge in [0.25, 0.3) is 5.69 Å². The first-order valence-corrected chi connectivity index (χ1v) is 19.3. The number of phenols is 1. The topological polar surface area (TPSA) is 166 Å². The number of amides is 2. The number of fused-ring (bicyclic) bond motifs is 3. The number of aromatic hydroxyl groups is 1. The Kier molecular flexibility index (Phi) is 10.3. The highest BCUT2D eigenvalue weighted by molar-refractivity contribution is 14.1. The molecular formula is C44H34IN3O10. The highest BCUT2D eigenvalue weighted by Crippen LogP contribution is 2.66. The summed E-state index contributed by atoms with van der Waals surface area (Å²) in [5, 5.41) is 21.7. The minimum atomic E-state index is -2.03. The molecule has 2 fully saturated rings. The summed E-state index contributed by atoms with van der Waals surface area (Å²) < 4.78 is 18.5. The Balaban J connectivity index is 1.36. The number of esters is 2. The summed E-state index contributed by atoms with van der Waals surface area (Å²) in [4.78, 5) is 73.2. The first-order valence-electron chi connectivity index (χ1n) is 18.2. The summed E-state index contributed by atoms with van der Waals surface area (Å²) in [6, 6.07) is 31.8. The number of non-ortho nitro benzene ring substituents is 1. The molecule has 58 heavy (non-hydrogen) atoms. The van der Waals surface area contributed by atoms with Crippen molar-refractivity contribution in [3.05, 3.63) is 182 Å². The van der Waals surface area contributed by atoms with Crippen LogP contribution >= 0.6 is 22.6 Å². The molecular weight excluding hydrogens is 857 g/mol. The number of hydrogen-bond donors (Lipinski definition) is 1. The third-order valence-corrected chi connectivity index (χ3v) is 11.6. The van der Waals surface area contributed by atoms with E-state index in [-0.39, 0.29) is 35.9 Å². The second kappa shape index (κ2) is 15.5. The number of ether oxygens (including phenoxy) is 3. The molecule has 8 rings (SSSR count). The van der Waals surface area contributed by atoms with E-state index in [0.29, 0.717) is 20.3 Å². The minimum absolute atomic E-state index is 0.0572. The first kappa shape index (κ1) is 38.5. The van der Waals surface area contributed by atoms with Crippen molar-refractivity contribution in [1.29, 1.82) is 0 Å². The number of rotatable bonds is 9.